The molecule has 106 valence electrons. The van der Waals surface area contributed by atoms with Gasteiger partial charge in [0.1, 0.15) is 0 Å². The molecule has 0 bridgehead atoms. The second kappa shape index (κ2) is 5.63. The first kappa shape index (κ1) is 14.5. The van der Waals surface area contributed by atoms with Crippen LogP contribution < -0.4 is 5.32 Å². The van der Waals surface area contributed by atoms with Crippen LogP contribution in [-0.4, -0.2) is 23.2 Å². The van der Waals surface area contributed by atoms with Crippen molar-refractivity contribution >= 4 is 17.2 Å². The summed E-state index contributed by atoms with van der Waals surface area (Å²) >= 11 is 1.59. The van der Waals surface area contributed by atoms with E-state index in [2.05, 4.69) is 19.2 Å². The van der Waals surface area contributed by atoms with Crippen molar-refractivity contribution in [1.29, 1.82) is 0 Å². The lowest BCUT2D eigenvalue weighted by Gasteiger charge is -2.40. The Balaban J connectivity index is 1.77. The SMILES string of the molecule is CC1(C)CCC(O)(CNC(=O)Cc2cccs2)CC1. The van der Waals surface area contributed by atoms with Crippen LogP contribution in [0.5, 0.6) is 0 Å². The zero-order valence-electron chi connectivity index (χ0n) is 11.7. The van der Waals surface area contributed by atoms with Gasteiger partial charge in [-0.1, -0.05) is 19.9 Å². The quantitative estimate of drug-likeness (QED) is 0.891. The van der Waals surface area contributed by atoms with Crippen LogP contribution >= 0.6 is 11.3 Å². The van der Waals surface area contributed by atoms with Gasteiger partial charge < -0.3 is 10.4 Å². The molecule has 2 N–H and O–H groups in total. The number of hydrogen-bond donors (Lipinski definition) is 2. The highest BCUT2D eigenvalue weighted by Gasteiger charge is 2.36. The van der Waals surface area contributed by atoms with Gasteiger partial charge in [0.05, 0.1) is 12.0 Å². The molecule has 1 aromatic heterocycles. The Morgan fingerprint density at radius 2 is 2.05 bits per heavy atom. The van der Waals surface area contributed by atoms with E-state index < -0.39 is 5.60 Å². The van der Waals surface area contributed by atoms with Crippen molar-refractivity contribution < 1.29 is 9.90 Å². The van der Waals surface area contributed by atoms with E-state index in [1.807, 2.05) is 17.5 Å². The zero-order valence-corrected chi connectivity index (χ0v) is 12.6. The Morgan fingerprint density at radius 1 is 1.37 bits per heavy atom. The Morgan fingerprint density at radius 3 is 2.63 bits per heavy atom. The zero-order chi connectivity index (χ0) is 13.9. The number of amides is 1. The van der Waals surface area contributed by atoms with Crippen molar-refractivity contribution in [3.8, 4) is 0 Å². The van der Waals surface area contributed by atoms with Crippen LogP contribution in [0.2, 0.25) is 0 Å². The van der Waals surface area contributed by atoms with Crippen LogP contribution in [0.3, 0.4) is 0 Å². The Kier molecular flexibility index (Phi) is 4.31. The Bertz CT molecular complexity index is 415. The first-order chi connectivity index (χ1) is 8.89. The second-order valence-corrected chi connectivity index (χ2v) is 7.45. The molecule has 19 heavy (non-hydrogen) atoms. The summed E-state index contributed by atoms with van der Waals surface area (Å²) in [5, 5.41) is 15.3. The predicted molar refractivity (Wildman–Crippen MR) is 78.2 cm³/mol. The van der Waals surface area contributed by atoms with Gasteiger partial charge in [-0.05, 0) is 42.5 Å². The summed E-state index contributed by atoms with van der Waals surface area (Å²) in [6, 6.07) is 3.91. The van der Waals surface area contributed by atoms with E-state index >= 15 is 0 Å². The summed E-state index contributed by atoms with van der Waals surface area (Å²) in [6.07, 6.45) is 4.01. The third kappa shape index (κ3) is 4.32. The number of rotatable bonds is 4. The molecular formula is C15H23NO2S. The molecule has 0 spiro atoms. The minimum Gasteiger partial charge on any atom is -0.388 e. The highest BCUT2D eigenvalue weighted by molar-refractivity contribution is 7.10. The van der Waals surface area contributed by atoms with Gasteiger partial charge in [-0.3, -0.25) is 4.79 Å². The molecular weight excluding hydrogens is 258 g/mol. The summed E-state index contributed by atoms with van der Waals surface area (Å²) in [5.74, 6) is 0.000656. The van der Waals surface area contributed by atoms with Crippen LogP contribution in [0.25, 0.3) is 0 Å². The van der Waals surface area contributed by atoms with Crippen molar-refractivity contribution in [2.24, 2.45) is 5.41 Å². The van der Waals surface area contributed by atoms with Crippen LogP contribution in [0.15, 0.2) is 17.5 Å². The largest absolute Gasteiger partial charge is 0.388 e. The van der Waals surface area contributed by atoms with E-state index in [9.17, 15) is 9.90 Å². The van der Waals surface area contributed by atoms with Gasteiger partial charge in [-0.25, -0.2) is 0 Å². The van der Waals surface area contributed by atoms with Crippen LogP contribution in [0, 0.1) is 5.41 Å². The summed E-state index contributed by atoms with van der Waals surface area (Å²) < 4.78 is 0. The molecule has 1 fully saturated rings. The summed E-state index contributed by atoms with van der Waals surface area (Å²) in [5.41, 5.74) is -0.381. The normalized spacial score (nSPS) is 21.0. The average Bonchev–Trinajstić information content (AvgIpc) is 2.84. The molecule has 0 unspecified atom stereocenters. The number of nitrogens with one attached hydrogen (secondary N) is 1. The minimum absolute atomic E-state index is 0.000656. The van der Waals surface area contributed by atoms with Gasteiger partial charge >= 0.3 is 0 Å². The van der Waals surface area contributed by atoms with Crippen molar-refractivity contribution in [2.75, 3.05) is 6.54 Å². The van der Waals surface area contributed by atoms with Gasteiger partial charge in [-0.2, -0.15) is 0 Å². The number of thiophene rings is 1. The number of hydrogen-bond acceptors (Lipinski definition) is 3. The summed E-state index contributed by atoms with van der Waals surface area (Å²) in [6.45, 7) is 4.86. The Hall–Kier alpha value is -0.870. The molecule has 0 saturated heterocycles. The van der Waals surface area contributed by atoms with E-state index in [1.165, 1.54) is 0 Å². The smallest absolute Gasteiger partial charge is 0.225 e. The maximum atomic E-state index is 11.8. The number of carbonyl (C=O) groups excluding carboxylic acids is 1. The highest BCUT2D eigenvalue weighted by Crippen LogP contribution is 2.39. The maximum Gasteiger partial charge on any atom is 0.225 e. The fraction of sp³-hybridized carbons (Fsp3) is 0.667. The van der Waals surface area contributed by atoms with Gasteiger partial charge in [0.2, 0.25) is 5.91 Å². The predicted octanol–water partition coefficient (Wildman–Crippen LogP) is 2.74. The van der Waals surface area contributed by atoms with E-state index in [0.29, 0.717) is 18.4 Å². The number of aliphatic hydroxyl groups is 1. The van der Waals surface area contributed by atoms with Crippen molar-refractivity contribution in [2.45, 2.75) is 51.6 Å². The summed E-state index contributed by atoms with van der Waals surface area (Å²) in [4.78, 5) is 12.9. The molecule has 0 aromatic carbocycles. The molecule has 1 saturated carbocycles. The Labute approximate surface area is 119 Å². The first-order valence-electron chi connectivity index (χ1n) is 6.90. The molecule has 0 atom stereocenters. The fourth-order valence-corrected chi connectivity index (χ4v) is 3.17. The standard InChI is InChI=1S/C15H23NO2S/c1-14(2)5-7-15(18,8-6-14)11-16-13(17)10-12-4-3-9-19-12/h3-4,9,18H,5-8,10-11H2,1-2H3,(H,16,17). The van der Waals surface area contributed by atoms with Gasteiger partial charge in [0.15, 0.2) is 0 Å². The van der Waals surface area contributed by atoms with Gasteiger partial charge in [0.25, 0.3) is 0 Å². The topological polar surface area (TPSA) is 49.3 Å². The highest BCUT2D eigenvalue weighted by atomic mass is 32.1. The fourth-order valence-electron chi connectivity index (χ4n) is 2.47. The molecule has 0 radical (unpaired) electrons. The molecule has 3 nitrogen and oxygen atoms in total. The maximum absolute atomic E-state index is 11.8. The lowest BCUT2D eigenvalue weighted by molar-refractivity contribution is -0.122. The lowest BCUT2D eigenvalue weighted by Crippen LogP contribution is -2.46. The molecule has 1 aliphatic rings. The second-order valence-electron chi connectivity index (χ2n) is 6.42. The molecule has 0 aliphatic heterocycles. The summed E-state index contributed by atoms with van der Waals surface area (Å²) in [7, 11) is 0. The first-order valence-corrected chi connectivity index (χ1v) is 7.78. The lowest BCUT2D eigenvalue weighted by atomic mass is 9.71. The molecule has 1 heterocycles. The van der Waals surface area contributed by atoms with E-state index in [0.717, 1.165) is 30.6 Å². The molecule has 4 heteroatoms. The third-order valence-corrected chi connectivity index (χ3v) is 4.94. The van der Waals surface area contributed by atoms with Crippen molar-refractivity contribution in [3.05, 3.63) is 22.4 Å². The van der Waals surface area contributed by atoms with E-state index in [-0.39, 0.29) is 5.91 Å². The van der Waals surface area contributed by atoms with Gasteiger partial charge in [0, 0.05) is 11.4 Å². The third-order valence-electron chi connectivity index (χ3n) is 4.06. The van der Waals surface area contributed by atoms with Gasteiger partial charge in [-0.15, -0.1) is 11.3 Å². The van der Waals surface area contributed by atoms with E-state index in [4.69, 9.17) is 0 Å². The van der Waals surface area contributed by atoms with Crippen LogP contribution in [-0.2, 0) is 11.2 Å². The van der Waals surface area contributed by atoms with Crippen molar-refractivity contribution in [3.63, 3.8) is 0 Å². The van der Waals surface area contributed by atoms with Crippen LogP contribution in [0.1, 0.15) is 44.4 Å². The average molecular weight is 281 g/mol. The van der Waals surface area contributed by atoms with E-state index in [1.54, 1.807) is 11.3 Å². The molecule has 1 aromatic rings. The molecule has 1 aliphatic carbocycles. The van der Waals surface area contributed by atoms with Crippen LogP contribution in [0.4, 0.5) is 0 Å². The van der Waals surface area contributed by atoms with Crippen molar-refractivity contribution in [1.82, 2.24) is 5.32 Å². The monoisotopic (exact) mass is 281 g/mol. The minimum atomic E-state index is -0.708. The molecule has 1 amide bonds. The molecule has 2 rings (SSSR count). The number of carbonyl (C=O) groups is 1.